The highest BCUT2D eigenvalue weighted by molar-refractivity contribution is 6.01. The van der Waals surface area contributed by atoms with Crippen LogP contribution in [0.15, 0.2) is 48.7 Å². The van der Waals surface area contributed by atoms with Crippen LogP contribution in [-0.4, -0.2) is 36.4 Å². The van der Waals surface area contributed by atoms with Gasteiger partial charge in [-0.2, -0.15) is 0 Å². The fourth-order valence-electron chi connectivity index (χ4n) is 2.73. The number of nitrogens with one attached hydrogen (secondary N) is 1. The van der Waals surface area contributed by atoms with Gasteiger partial charge in [0.15, 0.2) is 0 Å². The molecule has 1 aromatic heterocycles. The first-order valence-electron chi connectivity index (χ1n) is 8.07. The first-order chi connectivity index (χ1) is 11.1. The lowest BCUT2D eigenvalue weighted by molar-refractivity contribution is -0.118. The fourth-order valence-corrected chi connectivity index (χ4v) is 2.73. The highest BCUT2D eigenvalue weighted by Gasteiger charge is 2.52. The zero-order valence-electron chi connectivity index (χ0n) is 13.7. The first kappa shape index (κ1) is 15.7. The molecule has 1 amide bonds. The van der Waals surface area contributed by atoms with E-state index in [1.165, 1.54) is 5.56 Å². The molecular formula is C19H23N3O. The Morgan fingerprint density at radius 3 is 2.48 bits per heavy atom. The van der Waals surface area contributed by atoms with Gasteiger partial charge in [-0.05, 0) is 63.2 Å². The van der Waals surface area contributed by atoms with E-state index >= 15 is 0 Å². The van der Waals surface area contributed by atoms with Gasteiger partial charge in [0.2, 0.25) is 5.91 Å². The van der Waals surface area contributed by atoms with Crippen LogP contribution in [0.1, 0.15) is 24.1 Å². The summed E-state index contributed by atoms with van der Waals surface area (Å²) in [6, 6.07) is 13.9. The summed E-state index contributed by atoms with van der Waals surface area (Å²) in [4.78, 5) is 19.2. The van der Waals surface area contributed by atoms with Crippen molar-refractivity contribution in [3.63, 3.8) is 0 Å². The number of carbonyl (C=O) groups is 1. The number of hydrogen-bond donors (Lipinski definition) is 1. The highest BCUT2D eigenvalue weighted by Crippen LogP contribution is 2.48. The first-order valence-corrected chi connectivity index (χ1v) is 8.07. The Bertz CT molecular complexity index is 661. The standard InChI is InChI=1S/C19H23N3O/c1-22(2)14-10-15-6-8-16(9-7-15)21-18(23)19(11-12-19)17-5-3-4-13-20-17/h3-9,13H,10-12,14H2,1-2H3,(H,21,23). The average Bonchev–Trinajstić information content (AvgIpc) is 3.37. The summed E-state index contributed by atoms with van der Waals surface area (Å²) < 4.78 is 0. The van der Waals surface area contributed by atoms with Gasteiger partial charge in [0.05, 0.1) is 11.1 Å². The monoisotopic (exact) mass is 309 g/mol. The van der Waals surface area contributed by atoms with E-state index in [4.69, 9.17) is 0 Å². The maximum absolute atomic E-state index is 12.6. The Hall–Kier alpha value is -2.20. The molecule has 0 unspecified atom stereocenters. The number of aromatic nitrogens is 1. The van der Waals surface area contributed by atoms with Crippen LogP contribution < -0.4 is 5.32 Å². The van der Waals surface area contributed by atoms with Crippen molar-refractivity contribution < 1.29 is 4.79 Å². The summed E-state index contributed by atoms with van der Waals surface area (Å²) >= 11 is 0. The van der Waals surface area contributed by atoms with Gasteiger partial charge in [-0.1, -0.05) is 18.2 Å². The quantitative estimate of drug-likeness (QED) is 0.892. The molecule has 0 spiro atoms. The van der Waals surface area contributed by atoms with Gasteiger partial charge in [-0.25, -0.2) is 0 Å². The lowest BCUT2D eigenvalue weighted by atomic mass is 10.0. The van der Waals surface area contributed by atoms with Crippen LogP contribution in [0.5, 0.6) is 0 Å². The van der Waals surface area contributed by atoms with E-state index in [-0.39, 0.29) is 5.91 Å². The number of hydrogen-bond acceptors (Lipinski definition) is 3. The van der Waals surface area contributed by atoms with Gasteiger partial charge in [-0.15, -0.1) is 0 Å². The molecule has 120 valence electrons. The van der Waals surface area contributed by atoms with Crippen molar-refractivity contribution in [1.82, 2.24) is 9.88 Å². The molecule has 4 heteroatoms. The van der Waals surface area contributed by atoms with Crippen molar-refractivity contribution in [1.29, 1.82) is 0 Å². The molecule has 4 nitrogen and oxygen atoms in total. The van der Waals surface area contributed by atoms with Crippen molar-refractivity contribution in [2.75, 3.05) is 26.0 Å². The zero-order chi connectivity index (χ0) is 16.3. The van der Waals surface area contributed by atoms with Gasteiger partial charge >= 0.3 is 0 Å². The van der Waals surface area contributed by atoms with Crippen molar-refractivity contribution in [3.8, 4) is 0 Å². The number of anilines is 1. The molecule has 0 aliphatic heterocycles. The summed E-state index contributed by atoms with van der Waals surface area (Å²) in [7, 11) is 4.14. The van der Waals surface area contributed by atoms with Crippen molar-refractivity contribution >= 4 is 11.6 Å². The predicted octanol–water partition coefficient (Wildman–Crippen LogP) is 2.86. The molecule has 2 aromatic rings. The molecule has 1 aliphatic rings. The Balaban J connectivity index is 1.64. The SMILES string of the molecule is CN(C)CCc1ccc(NC(=O)C2(c3ccccn3)CC2)cc1. The normalized spacial score (nSPS) is 15.4. The van der Waals surface area contributed by atoms with E-state index in [1.807, 2.05) is 30.3 Å². The molecule has 0 saturated heterocycles. The third-order valence-corrected chi connectivity index (χ3v) is 4.40. The van der Waals surface area contributed by atoms with Crippen LogP contribution in [0.3, 0.4) is 0 Å². The summed E-state index contributed by atoms with van der Waals surface area (Å²) in [6.07, 6.45) is 4.51. The van der Waals surface area contributed by atoms with E-state index < -0.39 is 5.41 Å². The maximum atomic E-state index is 12.6. The van der Waals surface area contributed by atoms with Crippen molar-refractivity contribution in [3.05, 3.63) is 59.9 Å². The predicted molar refractivity (Wildman–Crippen MR) is 92.5 cm³/mol. The van der Waals surface area contributed by atoms with Gasteiger partial charge < -0.3 is 10.2 Å². The average molecular weight is 309 g/mol. The van der Waals surface area contributed by atoms with Crippen molar-refractivity contribution in [2.24, 2.45) is 0 Å². The lowest BCUT2D eigenvalue weighted by Gasteiger charge is -2.15. The second-order valence-corrected chi connectivity index (χ2v) is 6.50. The second kappa shape index (κ2) is 6.50. The molecule has 0 atom stereocenters. The third kappa shape index (κ3) is 3.59. The minimum absolute atomic E-state index is 0.0530. The molecule has 3 rings (SSSR count). The van der Waals surface area contributed by atoms with Gasteiger partial charge in [0.25, 0.3) is 0 Å². The Kier molecular flexibility index (Phi) is 4.44. The van der Waals surface area contributed by atoms with E-state index in [9.17, 15) is 4.79 Å². The maximum Gasteiger partial charge on any atom is 0.236 e. The molecule has 1 fully saturated rings. The molecule has 1 aliphatic carbocycles. The van der Waals surface area contributed by atoms with Gasteiger partial charge in [0.1, 0.15) is 0 Å². The van der Waals surface area contributed by atoms with Crippen LogP contribution in [-0.2, 0) is 16.6 Å². The number of amides is 1. The minimum atomic E-state index is -0.426. The minimum Gasteiger partial charge on any atom is -0.325 e. The molecule has 1 aromatic carbocycles. The van der Waals surface area contributed by atoms with Gasteiger partial charge in [0, 0.05) is 18.4 Å². The molecule has 1 heterocycles. The van der Waals surface area contributed by atoms with E-state index in [1.54, 1.807) is 6.20 Å². The Morgan fingerprint density at radius 2 is 1.91 bits per heavy atom. The molecule has 0 bridgehead atoms. The summed E-state index contributed by atoms with van der Waals surface area (Å²) in [5.74, 6) is 0.0530. The number of nitrogens with zero attached hydrogens (tertiary/aromatic N) is 2. The van der Waals surface area contributed by atoms with Crippen LogP contribution in [0.25, 0.3) is 0 Å². The molecule has 1 N–H and O–H groups in total. The number of benzene rings is 1. The van der Waals surface area contributed by atoms with Crippen LogP contribution >= 0.6 is 0 Å². The van der Waals surface area contributed by atoms with Crippen molar-refractivity contribution in [2.45, 2.75) is 24.7 Å². The number of pyridine rings is 1. The van der Waals surface area contributed by atoms with Crippen LogP contribution in [0, 0.1) is 0 Å². The third-order valence-electron chi connectivity index (χ3n) is 4.40. The van der Waals surface area contributed by atoms with E-state index in [2.05, 4.69) is 41.4 Å². The Morgan fingerprint density at radius 1 is 1.17 bits per heavy atom. The second-order valence-electron chi connectivity index (χ2n) is 6.50. The number of likely N-dealkylation sites (N-methyl/N-ethyl adjacent to an activating group) is 1. The number of carbonyl (C=O) groups excluding carboxylic acids is 1. The topological polar surface area (TPSA) is 45.2 Å². The molecule has 0 radical (unpaired) electrons. The largest absolute Gasteiger partial charge is 0.325 e. The molecule has 23 heavy (non-hydrogen) atoms. The number of rotatable bonds is 6. The smallest absolute Gasteiger partial charge is 0.236 e. The lowest BCUT2D eigenvalue weighted by Crippen LogP contribution is -2.28. The van der Waals surface area contributed by atoms with E-state index in [0.29, 0.717) is 0 Å². The Labute approximate surface area is 137 Å². The zero-order valence-corrected chi connectivity index (χ0v) is 13.7. The summed E-state index contributed by atoms with van der Waals surface area (Å²) in [6.45, 7) is 1.02. The summed E-state index contributed by atoms with van der Waals surface area (Å²) in [5.41, 5.74) is 2.58. The summed E-state index contributed by atoms with van der Waals surface area (Å²) in [5, 5.41) is 3.05. The fraction of sp³-hybridized carbons (Fsp3) is 0.368. The van der Waals surface area contributed by atoms with E-state index in [0.717, 1.165) is 37.2 Å². The molecule has 1 saturated carbocycles. The molecular weight excluding hydrogens is 286 g/mol. The van der Waals surface area contributed by atoms with Crippen LogP contribution in [0.4, 0.5) is 5.69 Å². The highest BCUT2D eigenvalue weighted by atomic mass is 16.2. The van der Waals surface area contributed by atoms with Crippen LogP contribution in [0.2, 0.25) is 0 Å². The van der Waals surface area contributed by atoms with Gasteiger partial charge in [-0.3, -0.25) is 9.78 Å².